The van der Waals surface area contributed by atoms with Gasteiger partial charge in [-0.3, -0.25) is 0 Å². The molecule has 2 bridgehead atoms. The van der Waals surface area contributed by atoms with Gasteiger partial charge in [0.05, 0.1) is 5.66 Å². The van der Waals surface area contributed by atoms with Gasteiger partial charge < -0.3 is 4.65 Å². The summed E-state index contributed by atoms with van der Waals surface area (Å²) in [5, 5.41) is 1.66. The fraction of sp³-hybridized carbons (Fsp3) is 0.318. The fourth-order valence-corrected chi connectivity index (χ4v) is 19.1. The first-order valence-corrected chi connectivity index (χ1v) is 20.8. The largest absolute Gasteiger partial charge is 0.546 e. The van der Waals surface area contributed by atoms with E-state index >= 15 is 35.1 Å². The summed E-state index contributed by atoms with van der Waals surface area (Å²) < 4.78 is 167. The van der Waals surface area contributed by atoms with Crippen molar-refractivity contribution in [3.05, 3.63) is 152 Å². The van der Waals surface area contributed by atoms with Crippen LogP contribution in [0.4, 0.5) is 43.9 Å². The first-order valence-electron chi connectivity index (χ1n) is 18.9. The smallest absolute Gasteiger partial charge is 0.200 e. The van der Waals surface area contributed by atoms with Gasteiger partial charge in [-0.05, 0) is 82.6 Å². The zero-order valence-corrected chi connectivity index (χ0v) is 32.8. The SMILES string of the molecule is Cc1cc(C)c([P+]2(c3c(C)cc(C)cc3C)[C@H]3[C@H]4CC[C@H](C4)[C@@H]3[B-](c3c(F)c(F)c(F)c(F)c3F)(c3c(F)c(F)c(F)c(F)c3F)O[C@@H]2c2ccccc2)c(C)c1. The lowest BCUT2D eigenvalue weighted by Crippen LogP contribution is -2.74. The molecule has 2 aliphatic carbocycles. The van der Waals surface area contributed by atoms with Crippen LogP contribution < -0.4 is 21.5 Å². The Morgan fingerprint density at radius 1 is 0.509 bits per heavy atom. The van der Waals surface area contributed by atoms with E-state index in [4.69, 9.17) is 4.65 Å². The van der Waals surface area contributed by atoms with Crippen molar-refractivity contribution in [2.45, 2.75) is 78.1 Å². The molecule has 3 aliphatic rings. The molecule has 5 atom stereocenters. The lowest BCUT2D eigenvalue weighted by molar-refractivity contribution is 0.243. The summed E-state index contributed by atoms with van der Waals surface area (Å²) in [6, 6.07) is 16.2. The second-order valence-electron chi connectivity index (χ2n) is 16.4. The quantitative estimate of drug-likeness (QED) is 0.0565. The molecule has 0 aromatic heterocycles. The molecule has 0 spiro atoms. The Morgan fingerprint density at radius 3 is 1.28 bits per heavy atom. The third-order valence-corrected chi connectivity index (χ3v) is 18.9. The molecule has 0 amide bonds. The minimum atomic E-state index is -4.55. The third kappa shape index (κ3) is 5.31. The van der Waals surface area contributed by atoms with Crippen LogP contribution in [0.15, 0.2) is 54.6 Å². The van der Waals surface area contributed by atoms with E-state index in [2.05, 4.69) is 0 Å². The van der Waals surface area contributed by atoms with Crippen LogP contribution in [-0.4, -0.2) is 12.0 Å². The molecule has 1 heterocycles. The van der Waals surface area contributed by atoms with E-state index in [1.54, 1.807) is 30.3 Å². The van der Waals surface area contributed by atoms with Gasteiger partial charge in [-0.1, -0.05) is 94.8 Å². The molecule has 57 heavy (non-hydrogen) atoms. The summed E-state index contributed by atoms with van der Waals surface area (Å²) in [4.78, 5) is 0. The molecule has 3 fully saturated rings. The molecular weight excluding hydrogens is 776 g/mol. The minimum Gasteiger partial charge on any atom is -0.546 e. The molecular formula is C44H38BF10OP. The highest BCUT2D eigenvalue weighted by molar-refractivity contribution is 7.91. The molecule has 0 N–H and O–H groups in total. The van der Waals surface area contributed by atoms with Crippen LogP contribution in [0.25, 0.3) is 0 Å². The van der Waals surface area contributed by atoms with E-state index in [1.165, 1.54) is 0 Å². The number of hydrogen-bond donors (Lipinski definition) is 0. The van der Waals surface area contributed by atoms with Crippen LogP contribution >= 0.6 is 7.26 Å². The first kappa shape index (κ1) is 39.7. The Morgan fingerprint density at radius 2 is 0.877 bits per heavy atom. The molecule has 8 rings (SSSR count). The van der Waals surface area contributed by atoms with Crippen molar-refractivity contribution in [2.75, 3.05) is 0 Å². The van der Waals surface area contributed by atoms with Gasteiger partial charge in [0.2, 0.25) is 0 Å². The van der Waals surface area contributed by atoms with Gasteiger partial charge in [0.15, 0.2) is 47.1 Å². The van der Waals surface area contributed by atoms with Crippen molar-refractivity contribution in [2.24, 2.45) is 11.8 Å². The van der Waals surface area contributed by atoms with Crippen LogP contribution in [0.1, 0.15) is 64.1 Å². The van der Waals surface area contributed by atoms with Crippen LogP contribution in [0, 0.1) is 112 Å². The zero-order valence-electron chi connectivity index (χ0n) is 31.9. The molecule has 298 valence electrons. The third-order valence-electron chi connectivity index (χ3n) is 13.1. The van der Waals surface area contributed by atoms with Crippen molar-refractivity contribution >= 4 is 35.1 Å². The monoisotopic (exact) mass is 814 g/mol. The predicted octanol–water partition coefficient (Wildman–Crippen LogP) is 10.6. The number of aryl methyl sites for hydroxylation is 6. The summed E-state index contributed by atoms with van der Waals surface area (Å²) in [5.74, 6) is -28.7. The van der Waals surface area contributed by atoms with E-state index in [1.807, 2.05) is 65.8 Å². The Balaban J connectivity index is 1.66. The Labute approximate surface area is 324 Å². The van der Waals surface area contributed by atoms with Gasteiger partial charge in [0.25, 0.3) is 0 Å². The lowest BCUT2D eigenvalue weighted by Gasteiger charge is -2.63. The Hall–Kier alpha value is -4.15. The molecule has 5 aromatic rings. The molecule has 2 saturated carbocycles. The van der Waals surface area contributed by atoms with Gasteiger partial charge in [-0.25, -0.2) is 43.9 Å². The second kappa shape index (κ2) is 13.7. The summed E-state index contributed by atoms with van der Waals surface area (Å²) in [6.45, 7) is 11.5. The molecule has 0 radical (unpaired) electrons. The maximum atomic E-state index is 16.8. The molecule has 1 aliphatic heterocycles. The Bertz CT molecular complexity index is 2280. The van der Waals surface area contributed by atoms with Crippen LogP contribution in [0.2, 0.25) is 5.82 Å². The fourth-order valence-electron chi connectivity index (χ4n) is 11.9. The van der Waals surface area contributed by atoms with E-state index in [-0.39, 0.29) is 12.3 Å². The van der Waals surface area contributed by atoms with E-state index in [9.17, 15) is 8.78 Å². The maximum absolute atomic E-state index is 16.8. The average Bonchev–Trinajstić information content (AvgIpc) is 3.79. The van der Waals surface area contributed by atoms with E-state index < -0.39 is 106 Å². The molecule has 5 aromatic carbocycles. The van der Waals surface area contributed by atoms with Crippen molar-refractivity contribution in [3.63, 3.8) is 0 Å². The van der Waals surface area contributed by atoms with Crippen molar-refractivity contribution in [3.8, 4) is 0 Å². The molecule has 1 saturated heterocycles. The van der Waals surface area contributed by atoms with Gasteiger partial charge in [-0.2, -0.15) is 0 Å². The highest BCUT2D eigenvalue weighted by Crippen LogP contribution is 2.84. The van der Waals surface area contributed by atoms with Crippen molar-refractivity contribution in [1.82, 2.24) is 0 Å². The van der Waals surface area contributed by atoms with Crippen LogP contribution in [0.5, 0.6) is 0 Å². The van der Waals surface area contributed by atoms with Gasteiger partial charge >= 0.3 is 0 Å². The van der Waals surface area contributed by atoms with E-state index in [0.29, 0.717) is 18.4 Å². The van der Waals surface area contributed by atoms with Crippen molar-refractivity contribution in [1.29, 1.82) is 0 Å². The van der Waals surface area contributed by atoms with Gasteiger partial charge in [0, 0.05) is 5.56 Å². The number of benzene rings is 5. The average molecular weight is 815 g/mol. The molecule has 1 nitrogen and oxygen atoms in total. The number of fused-ring (bicyclic) bond motifs is 5. The van der Waals surface area contributed by atoms with Gasteiger partial charge in [-0.15, -0.1) is 0 Å². The lowest BCUT2D eigenvalue weighted by atomic mass is 9.23. The zero-order chi connectivity index (χ0) is 41.2. The van der Waals surface area contributed by atoms with E-state index in [0.717, 1.165) is 44.0 Å². The number of halogens is 10. The molecule has 0 unspecified atom stereocenters. The summed E-state index contributed by atoms with van der Waals surface area (Å²) >= 11 is 0. The summed E-state index contributed by atoms with van der Waals surface area (Å²) in [6.07, 6.45) is -3.44. The van der Waals surface area contributed by atoms with Crippen molar-refractivity contribution < 1.29 is 48.6 Å². The number of rotatable bonds is 5. The second-order valence-corrected chi connectivity index (χ2v) is 19.9. The van der Waals surface area contributed by atoms with Crippen LogP contribution in [0.3, 0.4) is 0 Å². The highest BCUT2D eigenvalue weighted by atomic mass is 31.2. The van der Waals surface area contributed by atoms with Crippen LogP contribution in [-0.2, 0) is 4.65 Å². The topological polar surface area (TPSA) is 9.23 Å². The highest BCUT2D eigenvalue weighted by Gasteiger charge is 2.75. The van der Waals surface area contributed by atoms with Gasteiger partial charge in [0.1, 0.15) is 41.1 Å². The number of hydrogen-bond acceptors (Lipinski definition) is 1. The Kier molecular flexibility index (Phi) is 9.55. The normalized spacial score (nSPS) is 23.3. The predicted molar refractivity (Wildman–Crippen MR) is 204 cm³/mol. The summed E-state index contributed by atoms with van der Waals surface area (Å²) in [5.41, 5.74) is 1.13. The maximum Gasteiger partial charge on any atom is 0.200 e. The first-order chi connectivity index (χ1) is 26.9. The molecule has 13 heteroatoms. The summed E-state index contributed by atoms with van der Waals surface area (Å²) in [7, 11) is -3.43. The minimum absolute atomic E-state index is 0.289. The standard InChI is InChI=1S/C44H38BF10OP/c1-19-14-21(3)41(22(4)15-19)57(42-23(5)16-20(2)17-24(42)6)43-27-13-12-26(18-27)28(43)45(56-44(57)25-10-8-7-9-11-25,29-31(46)35(50)39(54)36(51)32(29)47)30-33(48)37(52)40(55)38(53)34(30)49/h7-11,14-17,26-28,43-44H,12-13,18H2,1-6H3/t26-,27+,28+,43+,44+/m1/s1.